The molecule has 0 saturated heterocycles. The maximum absolute atomic E-state index is 12.9. The minimum Gasteiger partial charge on any atom is -0.497 e. The predicted molar refractivity (Wildman–Crippen MR) is 96.5 cm³/mol. The third kappa shape index (κ3) is 4.28. The van der Waals surface area contributed by atoms with Gasteiger partial charge in [0.15, 0.2) is 0 Å². The Labute approximate surface area is 150 Å². The van der Waals surface area contributed by atoms with Gasteiger partial charge >= 0.3 is 0 Å². The second kappa shape index (κ2) is 7.98. The largest absolute Gasteiger partial charge is 0.497 e. The molecular formula is C19H17FN2O2S. The van der Waals surface area contributed by atoms with Gasteiger partial charge in [0.1, 0.15) is 22.3 Å². The average Bonchev–Trinajstić information content (AvgIpc) is 2.67. The SMILES string of the molecule is COc1ccc(OC)c(-c2ccc(SCc3ccc(F)cc3)nn2)c1. The first-order valence-corrected chi connectivity index (χ1v) is 8.61. The maximum atomic E-state index is 12.9. The van der Waals surface area contributed by atoms with Crippen LogP contribution >= 0.6 is 11.8 Å². The van der Waals surface area contributed by atoms with Crippen LogP contribution < -0.4 is 9.47 Å². The number of methoxy groups -OCH3 is 2. The topological polar surface area (TPSA) is 44.2 Å². The van der Waals surface area contributed by atoms with Gasteiger partial charge in [-0.2, -0.15) is 0 Å². The number of hydrogen-bond donors (Lipinski definition) is 0. The number of benzene rings is 2. The fourth-order valence-corrected chi connectivity index (χ4v) is 3.06. The summed E-state index contributed by atoms with van der Waals surface area (Å²) in [5.41, 5.74) is 2.57. The summed E-state index contributed by atoms with van der Waals surface area (Å²) in [4.78, 5) is 0. The van der Waals surface area contributed by atoms with Crippen molar-refractivity contribution in [3.8, 4) is 22.8 Å². The molecule has 0 bridgehead atoms. The van der Waals surface area contributed by atoms with Crippen LogP contribution in [0.5, 0.6) is 11.5 Å². The maximum Gasteiger partial charge on any atom is 0.128 e. The number of nitrogens with zero attached hydrogens (tertiary/aromatic N) is 2. The molecule has 4 nitrogen and oxygen atoms in total. The molecule has 0 unspecified atom stereocenters. The summed E-state index contributed by atoms with van der Waals surface area (Å²) < 4.78 is 23.6. The minimum absolute atomic E-state index is 0.231. The van der Waals surface area contributed by atoms with Crippen LogP contribution in [-0.4, -0.2) is 24.4 Å². The van der Waals surface area contributed by atoms with E-state index >= 15 is 0 Å². The van der Waals surface area contributed by atoms with Crippen LogP contribution in [-0.2, 0) is 5.75 Å². The number of rotatable bonds is 6. The Morgan fingerprint density at radius 3 is 2.36 bits per heavy atom. The van der Waals surface area contributed by atoms with Crippen molar-refractivity contribution < 1.29 is 13.9 Å². The van der Waals surface area contributed by atoms with Gasteiger partial charge in [0, 0.05) is 11.3 Å². The molecule has 1 aromatic heterocycles. The van der Waals surface area contributed by atoms with E-state index in [4.69, 9.17) is 9.47 Å². The zero-order valence-corrected chi connectivity index (χ0v) is 14.7. The molecule has 0 amide bonds. The summed E-state index contributed by atoms with van der Waals surface area (Å²) in [5, 5.41) is 9.35. The van der Waals surface area contributed by atoms with Crippen LogP contribution in [0.4, 0.5) is 4.39 Å². The third-order valence-electron chi connectivity index (χ3n) is 3.62. The number of ether oxygens (including phenoxy) is 2. The average molecular weight is 356 g/mol. The highest BCUT2D eigenvalue weighted by molar-refractivity contribution is 7.98. The summed E-state index contributed by atoms with van der Waals surface area (Å²) in [6.07, 6.45) is 0. The van der Waals surface area contributed by atoms with E-state index in [2.05, 4.69) is 10.2 Å². The van der Waals surface area contributed by atoms with Crippen molar-refractivity contribution in [1.82, 2.24) is 10.2 Å². The molecule has 6 heteroatoms. The van der Waals surface area contributed by atoms with E-state index in [9.17, 15) is 4.39 Å². The first-order chi connectivity index (χ1) is 12.2. The first kappa shape index (κ1) is 17.2. The molecule has 3 aromatic rings. The molecule has 0 aliphatic heterocycles. The molecule has 0 N–H and O–H groups in total. The Morgan fingerprint density at radius 2 is 1.72 bits per heavy atom. The van der Waals surface area contributed by atoms with Gasteiger partial charge in [0.25, 0.3) is 0 Å². The standard InChI is InChI=1S/C19H17FN2O2S/c1-23-15-7-9-18(24-2)16(11-15)17-8-10-19(22-21-17)25-12-13-3-5-14(20)6-4-13/h3-11H,12H2,1-2H3. The quantitative estimate of drug-likeness (QED) is 0.604. The monoisotopic (exact) mass is 356 g/mol. The summed E-state index contributed by atoms with van der Waals surface area (Å²) in [5.74, 6) is 1.91. The van der Waals surface area contributed by atoms with Crippen LogP contribution in [0.15, 0.2) is 59.6 Å². The van der Waals surface area contributed by atoms with Crippen molar-refractivity contribution in [2.24, 2.45) is 0 Å². The Bertz CT molecular complexity index is 839. The van der Waals surface area contributed by atoms with Gasteiger partial charge in [-0.15, -0.1) is 10.2 Å². The Balaban J connectivity index is 1.75. The highest BCUT2D eigenvalue weighted by Gasteiger charge is 2.10. The molecule has 0 spiro atoms. The van der Waals surface area contributed by atoms with Crippen molar-refractivity contribution in [3.05, 3.63) is 66.0 Å². The van der Waals surface area contributed by atoms with E-state index in [0.717, 1.165) is 21.9 Å². The van der Waals surface area contributed by atoms with Crippen molar-refractivity contribution in [1.29, 1.82) is 0 Å². The van der Waals surface area contributed by atoms with Crippen molar-refractivity contribution in [3.63, 3.8) is 0 Å². The fraction of sp³-hybridized carbons (Fsp3) is 0.158. The molecular weight excluding hydrogens is 339 g/mol. The van der Waals surface area contributed by atoms with Crippen molar-refractivity contribution >= 4 is 11.8 Å². The molecule has 3 rings (SSSR count). The number of thioether (sulfide) groups is 1. The van der Waals surface area contributed by atoms with Crippen molar-refractivity contribution in [2.45, 2.75) is 10.8 Å². The first-order valence-electron chi connectivity index (χ1n) is 7.63. The second-order valence-electron chi connectivity index (χ2n) is 5.24. The molecule has 0 radical (unpaired) electrons. The van der Waals surface area contributed by atoms with Crippen molar-refractivity contribution in [2.75, 3.05) is 14.2 Å². The number of hydrogen-bond acceptors (Lipinski definition) is 5. The molecule has 2 aromatic carbocycles. The molecule has 25 heavy (non-hydrogen) atoms. The Morgan fingerprint density at radius 1 is 0.920 bits per heavy atom. The number of aromatic nitrogens is 2. The van der Waals surface area contributed by atoms with E-state index in [0.29, 0.717) is 17.2 Å². The Kier molecular flexibility index (Phi) is 5.50. The molecule has 0 aliphatic carbocycles. The van der Waals surface area contributed by atoms with Gasteiger partial charge in [0.05, 0.1) is 19.9 Å². The molecule has 0 aliphatic rings. The van der Waals surface area contributed by atoms with Gasteiger partial charge in [-0.1, -0.05) is 23.9 Å². The normalized spacial score (nSPS) is 10.5. The van der Waals surface area contributed by atoms with E-state index in [1.165, 1.54) is 12.1 Å². The fourth-order valence-electron chi connectivity index (χ4n) is 2.29. The lowest BCUT2D eigenvalue weighted by Gasteiger charge is -2.10. The van der Waals surface area contributed by atoms with Crippen LogP contribution in [0.25, 0.3) is 11.3 Å². The van der Waals surface area contributed by atoms with Crippen LogP contribution in [0.1, 0.15) is 5.56 Å². The van der Waals surface area contributed by atoms with E-state index in [1.807, 2.05) is 30.3 Å². The van der Waals surface area contributed by atoms with Crippen LogP contribution in [0, 0.1) is 5.82 Å². The molecule has 0 fully saturated rings. The van der Waals surface area contributed by atoms with Gasteiger partial charge in [-0.3, -0.25) is 0 Å². The smallest absolute Gasteiger partial charge is 0.128 e. The van der Waals surface area contributed by atoms with E-state index in [1.54, 1.807) is 38.1 Å². The minimum atomic E-state index is -0.231. The Hall–Kier alpha value is -2.60. The highest BCUT2D eigenvalue weighted by atomic mass is 32.2. The van der Waals surface area contributed by atoms with Gasteiger partial charge in [-0.25, -0.2) is 4.39 Å². The molecule has 0 atom stereocenters. The predicted octanol–water partition coefficient (Wildman–Crippen LogP) is 4.59. The molecule has 128 valence electrons. The van der Waals surface area contributed by atoms with E-state index in [-0.39, 0.29) is 5.82 Å². The van der Waals surface area contributed by atoms with Crippen LogP contribution in [0.3, 0.4) is 0 Å². The van der Waals surface area contributed by atoms with E-state index < -0.39 is 0 Å². The lowest BCUT2D eigenvalue weighted by atomic mass is 10.1. The van der Waals surface area contributed by atoms with Crippen LogP contribution in [0.2, 0.25) is 0 Å². The summed E-state index contributed by atoms with van der Waals surface area (Å²) in [6, 6.07) is 15.8. The zero-order valence-electron chi connectivity index (χ0n) is 13.9. The lowest BCUT2D eigenvalue weighted by Crippen LogP contribution is -1.94. The summed E-state index contributed by atoms with van der Waals surface area (Å²) in [6.45, 7) is 0. The second-order valence-corrected chi connectivity index (χ2v) is 6.23. The third-order valence-corrected chi connectivity index (χ3v) is 4.61. The highest BCUT2D eigenvalue weighted by Crippen LogP contribution is 2.32. The molecule has 0 saturated carbocycles. The molecule has 1 heterocycles. The number of halogens is 1. The van der Waals surface area contributed by atoms with Gasteiger partial charge in [-0.05, 0) is 48.0 Å². The van der Waals surface area contributed by atoms with Gasteiger partial charge in [0.2, 0.25) is 0 Å². The zero-order chi connectivity index (χ0) is 17.6. The summed E-state index contributed by atoms with van der Waals surface area (Å²) in [7, 11) is 3.23. The van der Waals surface area contributed by atoms with Gasteiger partial charge < -0.3 is 9.47 Å². The lowest BCUT2D eigenvalue weighted by molar-refractivity contribution is 0.404. The summed E-state index contributed by atoms with van der Waals surface area (Å²) >= 11 is 1.55.